The van der Waals surface area contributed by atoms with Gasteiger partial charge < -0.3 is 10.6 Å². The number of aryl methyl sites for hydroxylation is 2. The molecule has 2 aromatic rings. The Hall–Kier alpha value is -2.81. The fraction of sp³-hybridized carbons (Fsp3) is 0.393. The van der Waals surface area contributed by atoms with E-state index in [2.05, 4.69) is 77.5 Å². The maximum absolute atomic E-state index is 12.2. The van der Waals surface area contributed by atoms with Gasteiger partial charge >= 0.3 is 0 Å². The van der Waals surface area contributed by atoms with Crippen LogP contribution in [0.1, 0.15) is 80.4 Å². The third-order valence-corrected chi connectivity index (χ3v) is 4.98. The molecule has 0 heterocycles. The number of nitrogens with one attached hydrogen (secondary N) is 2. The van der Waals surface area contributed by atoms with Crippen molar-refractivity contribution in [1.82, 2.24) is 5.32 Å². The molecule has 0 unspecified atom stereocenters. The normalized spacial score (nSPS) is 10.5. The Kier molecular flexibility index (Phi) is 10.8. The standard InChI is InChI=1S/C21H26N2O.C7H14/c1-14-13-19(15(2)12-18(14)21(4,5)6)22-16(3)23-20(24)17-10-8-7-9-11-17;1-3-5-7-6-4-2/h7-13,22H,3H2,1-2,4-6H3,(H,23,24);3H,1,4-7H2,2H3. The first-order chi connectivity index (χ1) is 14.6. The Bertz CT molecular complexity index is 861. The summed E-state index contributed by atoms with van der Waals surface area (Å²) in [6.45, 7) is 20.6. The molecule has 0 aliphatic rings. The second-order valence-electron chi connectivity index (χ2n) is 8.94. The SMILES string of the molecule is C=C(NC(=O)c1ccccc1)Nc1cc(C)c(C(C)(C)C)cc1C.C=CCCCCC. The summed E-state index contributed by atoms with van der Waals surface area (Å²) in [5, 5.41) is 6.00. The Morgan fingerprint density at radius 2 is 1.68 bits per heavy atom. The number of carbonyl (C=O) groups excluding carboxylic acids is 1. The van der Waals surface area contributed by atoms with E-state index in [4.69, 9.17) is 0 Å². The molecule has 3 nitrogen and oxygen atoms in total. The van der Waals surface area contributed by atoms with E-state index in [1.807, 2.05) is 24.3 Å². The van der Waals surface area contributed by atoms with E-state index < -0.39 is 0 Å². The molecule has 2 rings (SSSR count). The molecule has 0 bridgehead atoms. The summed E-state index contributed by atoms with van der Waals surface area (Å²) >= 11 is 0. The van der Waals surface area contributed by atoms with E-state index in [-0.39, 0.29) is 11.3 Å². The number of allylic oxidation sites excluding steroid dienone is 1. The Morgan fingerprint density at radius 3 is 2.23 bits per heavy atom. The molecule has 0 radical (unpaired) electrons. The minimum Gasteiger partial charge on any atom is -0.342 e. The molecule has 0 atom stereocenters. The summed E-state index contributed by atoms with van der Waals surface area (Å²) < 4.78 is 0. The summed E-state index contributed by atoms with van der Waals surface area (Å²) in [4.78, 5) is 12.2. The van der Waals surface area contributed by atoms with Crippen LogP contribution in [-0.2, 0) is 5.41 Å². The minimum absolute atomic E-state index is 0.103. The van der Waals surface area contributed by atoms with Crippen LogP contribution in [0.4, 0.5) is 5.69 Å². The molecule has 2 N–H and O–H groups in total. The summed E-state index contributed by atoms with van der Waals surface area (Å²) in [6, 6.07) is 13.4. The van der Waals surface area contributed by atoms with Crippen LogP contribution in [0.3, 0.4) is 0 Å². The molecule has 0 saturated carbocycles. The molecule has 3 heteroatoms. The number of hydrogen-bond acceptors (Lipinski definition) is 2. The molecule has 0 aliphatic heterocycles. The monoisotopic (exact) mass is 420 g/mol. The lowest BCUT2D eigenvalue weighted by Gasteiger charge is -2.24. The van der Waals surface area contributed by atoms with Gasteiger partial charge in [0.2, 0.25) is 0 Å². The maximum atomic E-state index is 12.2. The molecule has 0 saturated heterocycles. The van der Waals surface area contributed by atoms with Gasteiger partial charge in [0.05, 0.1) is 0 Å². The van der Waals surface area contributed by atoms with Gasteiger partial charge in [-0.1, -0.05) is 77.5 Å². The van der Waals surface area contributed by atoms with Crippen LogP contribution in [0.5, 0.6) is 0 Å². The van der Waals surface area contributed by atoms with E-state index in [1.54, 1.807) is 12.1 Å². The summed E-state index contributed by atoms with van der Waals surface area (Å²) in [7, 11) is 0. The zero-order valence-corrected chi connectivity index (χ0v) is 20.3. The van der Waals surface area contributed by atoms with Crippen molar-refractivity contribution < 1.29 is 4.79 Å². The van der Waals surface area contributed by atoms with Crippen molar-refractivity contribution in [2.45, 2.75) is 72.6 Å². The van der Waals surface area contributed by atoms with Crippen molar-refractivity contribution in [3.05, 3.63) is 89.8 Å². The first-order valence-corrected chi connectivity index (χ1v) is 11.1. The van der Waals surface area contributed by atoms with Crippen molar-refractivity contribution in [2.24, 2.45) is 0 Å². The van der Waals surface area contributed by atoms with Gasteiger partial charge in [0, 0.05) is 11.3 Å². The predicted octanol–water partition coefficient (Wildman–Crippen LogP) is 7.67. The van der Waals surface area contributed by atoms with Crippen LogP contribution in [0.25, 0.3) is 0 Å². The fourth-order valence-corrected chi connectivity index (χ4v) is 3.29. The third kappa shape index (κ3) is 9.25. The molecule has 168 valence electrons. The van der Waals surface area contributed by atoms with E-state index in [1.165, 1.54) is 36.8 Å². The van der Waals surface area contributed by atoms with Gasteiger partial charge in [-0.3, -0.25) is 4.79 Å². The third-order valence-electron chi connectivity index (χ3n) is 4.98. The Morgan fingerprint density at radius 1 is 1.03 bits per heavy atom. The first kappa shape index (κ1) is 26.2. The number of unbranched alkanes of at least 4 members (excludes halogenated alkanes) is 3. The largest absolute Gasteiger partial charge is 0.342 e. The lowest BCUT2D eigenvalue weighted by atomic mass is 9.83. The van der Waals surface area contributed by atoms with Crippen LogP contribution in [0.2, 0.25) is 0 Å². The lowest BCUT2D eigenvalue weighted by molar-refractivity contribution is 0.0966. The van der Waals surface area contributed by atoms with Gasteiger partial charge in [-0.25, -0.2) is 0 Å². The van der Waals surface area contributed by atoms with Crippen molar-refractivity contribution in [3.8, 4) is 0 Å². The first-order valence-electron chi connectivity index (χ1n) is 11.1. The average Bonchev–Trinajstić information content (AvgIpc) is 2.71. The number of anilines is 1. The van der Waals surface area contributed by atoms with Gasteiger partial charge in [-0.15, -0.1) is 6.58 Å². The summed E-state index contributed by atoms with van der Waals surface area (Å²) in [5.74, 6) is 0.295. The lowest BCUT2D eigenvalue weighted by Crippen LogP contribution is -2.26. The molecule has 31 heavy (non-hydrogen) atoms. The van der Waals surface area contributed by atoms with Crippen LogP contribution >= 0.6 is 0 Å². The van der Waals surface area contributed by atoms with Crippen molar-refractivity contribution in [3.63, 3.8) is 0 Å². The summed E-state index contributed by atoms with van der Waals surface area (Å²) in [6.07, 6.45) is 7.16. The van der Waals surface area contributed by atoms with Crippen LogP contribution in [-0.4, -0.2) is 5.91 Å². The van der Waals surface area contributed by atoms with Gasteiger partial charge in [0.1, 0.15) is 5.82 Å². The van der Waals surface area contributed by atoms with Gasteiger partial charge in [-0.05, 0) is 67.0 Å². The second-order valence-corrected chi connectivity index (χ2v) is 8.94. The highest BCUT2D eigenvalue weighted by atomic mass is 16.1. The van der Waals surface area contributed by atoms with Crippen molar-refractivity contribution in [2.75, 3.05) is 5.32 Å². The number of benzene rings is 2. The van der Waals surface area contributed by atoms with E-state index in [0.29, 0.717) is 11.4 Å². The number of carbonyl (C=O) groups is 1. The molecule has 0 spiro atoms. The zero-order chi connectivity index (χ0) is 23.4. The van der Waals surface area contributed by atoms with Gasteiger partial charge in [-0.2, -0.15) is 0 Å². The van der Waals surface area contributed by atoms with Gasteiger partial charge in [0.15, 0.2) is 0 Å². The highest BCUT2D eigenvalue weighted by molar-refractivity contribution is 5.95. The minimum atomic E-state index is -0.172. The topological polar surface area (TPSA) is 41.1 Å². The zero-order valence-electron chi connectivity index (χ0n) is 20.3. The smallest absolute Gasteiger partial charge is 0.256 e. The van der Waals surface area contributed by atoms with Crippen molar-refractivity contribution in [1.29, 1.82) is 0 Å². The van der Waals surface area contributed by atoms with Crippen LogP contribution in [0, 0.1) is 13.8 Å². The Balaban J connectivity index is 0.000000592. The highest BCUT2D eigenvalue weighted by Gasteiger charge is 2.18. The number of hydrogen-bond donors (Lipinski definition) is 2. The fourth-order valence-electron chi connectivity index (χ4n) is 3.29. The second kappa shape index (κ2) is 12.8. The van der Waals surface area contributed by atoms with Gasteiger partial charge in [0.25, 0.3) is 5.91 Å². The van der Waals surface area contributed by atoms with E-state index in [0.717, 1.165) is 11.3 Å². The molecule has 0 fully saturated rings. The molecular formula is C28H40N2O. The summed E-state index contributed by atoms with van der Waals surface area (Å²) in [5.41, 5.74) is 5.34. The highest BCUT2D eigenvalue weighted by Crippen LogP contribution is 2.30. The average molecular weight is 421 g/mol. The van der Waals surface area contributed by atoms with Crippen LogP contribution < -0.4 is 10.6 Å². The molecule has 2 aromatic carbocycles. The molecule has 0 aliphatic carbocycles. The van der Waals surface area contributed by atoms with E-state index >= 15 is 0 Å². The molecule has 0 aromatic heterocycles. The number of amides is 1. The Labute approximate surface area is 189 Å². The van der Waals surface area contributed by atoms with E-state index in [9.17, 15) is 4.79 Å². The number of rotatable bonds is 8. The molecule has 1 amide bonds. The molecular weight excluding hydrogens is 380 g/mol. The quantitative estimate of drug-likeness (QED) is 0.340. The van der Waals surface area contributed by atoms with Crippen LogP contribution in [0.15, 0.2) is 67.5 Å². The maximum Gasteiger partial charge on any atom is 0.256 e. The predicted molar refractivity (Wildman–Crippen MR) is 136 cm³/mol. The van der Waals surface area contributed by atoms with Crippen molar-refractivity contribution >= 4 is 11.6 Å².